The quantitative estimate of drug-likeness (QED) is 0.431. The van der Waals surface area contributed by atoms with Crippen LogP contribution >= 0.6 is 0 Å². The van der Waals surface area contributed by atoms with Gasteiger partial charge in [0, 0.05) is 24.3 Å². The Labute approximate surface area is 195 Å². The summed E-state index contributed by atoms with van der Waals surface area (Å²) in [6.45, 7) is 4.05. The first-order valence-corrected chi connectivity index (χ1v) is 14.3. The first-order chi connectivity index (χ1) is 15.5. The SMILES string of the molecule is CCN(CCc1ccc(NS(C)(=O)=O)cc1)CC(O)COc1cccc2c1CCS(=O)(=O)N2. The molecule has 2 aromatic carbocycles. The average Bonchev–Trinajstić information content (AvgIpc) is 2.74. The Bertz CT molecular complexity index is 1150. The highest BCUT2D eigenvalue weighted by molar-refractivity contribution is 7.92. The lowest BCUT2D eigenvalue weighted by molar-refractivity contribution is 0.0699. The van der Waals surface area contributed by atoms with Crippen molar-refractivity contribution in [3.05, 3.63) is 53.6 Å². The van der Waals surface area contributed by atoms with E-state index in [2.05, 4.69) is 14.3 Å². The zero-order valence-corrected chi connectivity index (χ0v) is 20.5. The van der Waals surface area contributed by atoms with Gasteiger partial charge >= 0.3 is 0 Å². The van der Waals surface area contributed by atoms with Crippen LogP contribution in [0.5, 0.6) is 5.75 Å². The summed E-state index contributed by atoms with van der Waals surface area (Å²) in [5, 5.41) is 10.5. The number of nitrogens with zero attached hydrogens (tertiary/aromatic N) is 1. The van der Waals surface area contributed by atoms with E-state index in [1.165, 1.54) is 0 Å². The van der Waals surface area contributed by atoms with Crippen LogP contribution in [0.3, 0.4) is 0 Å². The molecule has 9 nitrogen and oxygen atoms in total. The molecule has 11 heteroatoms. The summed E-state index contributed by atoms with van der Waals surface area (Å²) >= 11 is 0. The molecule has 1 atom stereocenters. The van der Waals surface area contributed by atoms with E-state index in [1.807, 2.05) is 19.1 Å². The summed E-state index contributed by atoms with van der Waals surface area (Å²) in [5.41, 5.74) is 2.93. The topological polar surface area (TPSA) is 125 Å². The first-order valence-electron chi connectivity index (χ1n) is 10.8. The number of benzene rings is 2. The fraction of sp³-hybridized carbons (Fsp3) is 0.455. The minimum absolute atomic E-state index is 0.0117. The smallest absolute Gasteiger partial charge is 0.233 e. The molecular weight excluding hydrogens is 466 g/mol. The van der Waals surface area contributed by atoms with Gasteiger partial charge in [-0.1, -0.05) is 25.1 Å². The third-order valence-electron chi connectivity index (χ3n) is 5.34. The maximum atomic E-state index is 11.8. The molecule has 0 saturated carbocycles. The van der Waals surface area contributed by atoms with Crippen LogP contribution in [-0.4, -0.2) is 71.2 Å². The van der Waals surface area contributed by atoms with E-state index in [4.69, 9.17) is 4.74 Å². The molecule has 1 unspecified atom stereocenters. The number of sulfonamides is 2. The summed E-state index contributed by atoms with van der Waals surface area (Å²) in [4.78, 5) is 2.12. The van der Waals surface area contributed by atoms with Gasteiger partial charge in [0.2, 0.25) is 20.0 Å². The normalized spacial score (nSPS) is 16.0. The minimum Gasteiger partial charge on any atom is -0.490 e. The highest BCUT2D eigenvalue weighted by atomic mass is 32.2. The summed E-state index contributed by atoms with van der Waals surface area (Å²) in [5.74, 6) is 0.595. The molecule has 1 heterocycles. The number of anilines is 2. The van der Waals surface area contributed by atoms with Crippen molar-refractivity contribution in [2.75, 3.05) is 47.7 Å². The number of fused-ring (bicyclic) bond motifs is 1. The Morgan fingerprint density at radius 3 is 2.61 bits per heavy atom. The Hall–Kier alpha value is -2.34. The van der Waals surface area contributed by atoms with E-state index in [9.17, 15) is 21.9 Å². The van der Waals surface area contributed by atoms with Crippen LogP contribution in [0.4, 0.5) is 11.4 Å². The summed E-state index contributed by atoms with van der Waals surface area (Å²) < 4.78 is 56.9. The number of aliphatic hydroxyl groups excluding tert-OH is 1. The maximum Gasteiger partial charge on any atom is 0.233 e. The lowest BCUT2D eigenvalue weighted by atomic mass is 10.1. The number of likely N-dealkylation sites (N-methyl/N-ethyl adjacent to an activating group) is 1. The van der Waals surface area contributed by atoms with Crippen molar-refractivity contribution in [1.82, 2.24) is 4.90 Å². The van der Waals surface area contributed by atoms with E-state index >= 15 is 0 Å². The van der Waals surface area contributed by atoms with Gasteiger partial charge in [0.25, 0.3) is 0 Å². The van der Waals surface area contributed by atoms with Crippen LogP contribution in [0.1, 0.15) is 18.1 Å². The van der Waals surface area contributed by atoms with Gasteiger partial charge in [-0.25, -0.2) is 16.8 Å². The van der Waals surface area contributed by atoms with Crippen molar-refractivity contribution in [2.24, 2.45) is 0 Å². The number of hydrogen-bond donors (Lipinski definition) is 3. The van der Waals surface area contributed by atoms with E-state index in [0.29, 0.717) is 30.1 Å². The molecule has 0 bridgehead atoms. The molecule has 0 radical (unpaired) electrons. The second-order valence-corrected chi connectivity index (χ2v) is 11.7. The number of ether oxygens (including phenoxy) is 1. The second-order valence-electron chi connectivity index (χ2n) is 8.13. The highest BCUT2D eigenvalue weighted by Crippen LogP contribution is 2.31. The Morgan fingerprint density at radius 2 is 1.94 bits per heavy atom. The predicted molar refractivity (Wildman–Crippen MR) is 130 cm³/mol. The van der Waals surface area contributed by atoms with Gasteiger partial charge in [-0.15, -0.1) is 0 Å². The summed E-state index contributed by atoms with van der Waals surface area (Å²) in [7, 11) is -6.59. The van der Waals surface area contributed by atoms with Gasteiger partial charge in [0.15, 0.2) is 0 Å². The molecule has 0 aliphatic carbocycles. The molecular formula is C22H31N3O6S2. The third-order valence-corrected chi connectivity index (χ3v) is 7.22. The first kappa shape index (κ1) is 25.3. The zero-order valence-electron chi connectivity index (χ0n) is 18.8. The third kappa shape index (κ3) is 7.88. The van der Waals surface area contributed by atoms with Crippen molar-refractivity contribution in [3.8, 4) is 5.75 Å². The highest BCUT2D eigenvalue weighted by Gasteiger charge is 2.23. The predicted octanol–water partition coefficient (Wildman–Crippen LogP) is 1.66. The van der Waals surface area contributed by atoms with Crippen molar-refractivity contribution >= 4 is 31.4 Å². The second kappa shape index (κ2) is 10.7. The molecule has 3 rings (SSSR count). The molecule has 1 aliphatic heterocycles. The van der Waals surface area contributed by atoms with Gasteiger partial charge < -0.3 is 14.7 Å². The molecule has 0 fully saturated rings. The fourth-order valence-electron chi connectivity index (χ4n) is 3.67. The van der Waals surface area contributed by atoms with Crippen molar-refractivity contribution in [3.63, 3.8) is 0 Å². The maximum absolute atomic E-state index is 11.8. The molecule has 3 N–H and O–H groups in total. The van der Waals surface area contributed by atoms with Crippen LogP contribution < -0.4 is 14.2 Å². The van der Waals surface area contributed by atoms with Gasteiger partial charge in [-0.3, -0.25) is 9.44 Å². The van der Waals surface area contributed by atoms with Crippen LogP contribution in [0.25, 0.3) is 0 Å². The Morgan fingerprint density at radius 1 is 1.21 bits per heavy atom. The Kier molecular flexibility index (Phi) is 8.22. The molecule has 0 saturated heterocycles. The minimum atomic E-state index is -3.30. The number of hydrogen-bond acceptors (Lipinski definition) is 7. The molecule has 0 aromatic heterocycles. The van der Waals surface area contributed by atoms with E-state index in [-0.39, 0.29) is 12.4 Å². The van der Waals surface area contributed by atoms with Crippen LogP contribution in [0.2, 0.25) is 0 Å². The fourth-order valence-corrected chi connectivity index (χ4v) is 5.33. The van der Waals surface area contributed by atoms with Gasteiger partial charge in [-0.2, -0.15) is 0 Å². The molecule has 182 valence electrons. The number of nitrogens with one attached hydrogen (secondary N) is 2. The zero-order chi connectivity index (χ0) is 24.1. The monoisotopic (exact) mass is 497 g/mol. The van der Waals surface area contributed by atoms with Crippen molar-refractivity contribution in [1.29, 1.82) is 0 Å². The average molecular weight is 498 g/mol. The summed E-state index contributed by atoms with van der Waals surface area (Å²) in [6.07, 6.45) is 1.54. The standard InChI is InChI=1S/C22H31N3O6S2/c1-3-25(13-11-17-7-9-18(10-8-17)23-32(2,27)28)15-19(26)16-31-22-6-4-5-21-20(22)12-14-33(29,30)24-21/h4-10,19,23-24,26H,3,11-16H2,1-2H3. The molecule has 1 aliphatic rings. The van der Waals surface area contributed by atoms with Crippen LogP contribution in [0, 0.1) is 0 Å². The molecule has 2 aromatic rings. The molecule has 0 amide bonds. The lowest BCUT2D eigenvalue weighted by Gasteiger charge is -2.25. The largest absolute Gasteiger partial charge is 0.490 e. The van der Waals surface area contributed by atoms with Gasteiger partial charge in [0.05, 0.1) is 17.7 Å². The number of rotatable bonds is 11. The van der Waals surface area contributed by atoms with Crippen LogP contribution in [-0.2, 0) is 32.9 Å². The Balaban J connectivity index is 1.49. The summed E-state index contributed by atoms with van der Waals surface area (Å²) in [6, 6.07) is 12.4. The van der Waals surface area contributed by atoms with Crippen LogP contribution in [0.15, 0.2) is 42.5 Å². The molecule has 0 spiro atoms. The number of aliphatic hydroxyl groups is 1. The van der Waals surface area contributed by atoms with Crippen molar-refractivity contribution < 1.29 is 26.7 Å². The van der Waals surface area contributed by atoms with Gasteiger partial charge in [0.1, 0.15) is 18.5 Å². The van der Waals surface area contributed by atoms with Crippen molar-refractivity contribution in [2.45, 2.75) is 25.9 Å². The van der Waals surface area contributed by atoms with E-state index < -0.39 is 26.2 Å². The van der Waals surface area contributed by atoms with Gasteiger partial charge in [-0.05, 0) is 49.2 Å². The van der Waals surface area contributed by atoms with E-state index in [0.717, 1.165) is 36.9 Å². The lowest BCUT2D eigenvalue weighted by Crippen LogP contribution is -2.37. The molecule has 33 heavy (non-hydrogen) atoms. The van der Waals surface area contributed by atoms with E-state index in [1.54, 1.807) is 30.3 Å².